The molecule has 0 saturated carbocycles. The zero-order valence-corrected chi connectivity index (χ0v) is 9.20. The fourth-order valence-corrected chi connectivity index (χ4v) is 4.03. The van der Waals surface area contributed by atoms with Crippen LogP contribution in [0.2, 0.25) is 0 Å². The summed E-state index contributed by atoms with van der Waals surface area (Å²) in [6, 6.07) is 0. The van der Waals surface area contributed by atoms with Gasteiger partial charge >= 0.3 is 0 Å². The van der Waals surface area contributed by atoms with E-state index < -0.39 is 0 Å². The molecule has 14 heavy (non-hydrogen) atoms. The molecule has 0 radical (unpaired) electrons. The molecule has 6 heteroatoms. The van der Waals surface area contributed by atoms with Crippen molar-refractivity contribution in [1.29, 1.82) is 0 Å². The summed E-state index contributed by atoms with van der Waals surface area (Å²) in [6.45, 7) is 0.776. The first-order valence-electron chi connectivity index (χ1n) is 4.12. The fourth-order valence-electron chi connectivity index (χ4n) is 1.20. The number of thioether (sulfide) groups is 2. The summed E-state index contributed by atoms with van der Waals surface area (Å²) in [5.41, 5.74) is 0. The number of rotatable bonds is 4. The van der Waals surface area contributed by atoms with Gasteiger partial charge in [0.15, 0.2) is 0 Å². The molecule has 0 aliphatic carbocycles. The van der Waals surface area contributed by atoms with Gasteiger partial charge in [-0.1, -0.05) is 0 Å². The molecule has 0 atom stereocenters. The molecule has 0 bridgehead atoms. The van der Waals surface area contributed by atoms with Gasteiger partial charge in [-0.25, -0.2) is 19.6 Å². The Morgan fingerprint density at radius 3 is 2.21 bits per heavy atom. The summed E-state index contributed by atoms with van der Waals surface area (Å²) < 4.78 is -0.197. The molecule has 0 aromatic heterocycles. The van der Waals surface area contributed by atoms with Crippen LogP contribution in [0.3, 0.4) is 0 Å². The van der Waals surface area contributed by atoms with Gasteiger partial charge in [0.1, 0.15) is 0 Å². The highest BCUT2D eigenvalue weighted by Gasteiger charge is 2.33. The average molecular weight is 230 g/mol. The monoisotopic (exact) mass is 230 g/mol. The summed E-state index contributed by atoms with van der Waals surface area (Å²) in [5.74, 6) is 2.98. The quantitative estimate of drug-likeness (QED) is 0.531. The number of hydrogen-bond acceptors (Lipinski definition) is 6. The topological polar surface area (TPSA) is 58.9 Å². The van der Waals surface area contributed by atoms with Crippen LogP contribution in [0.1, 0.15) is 0 Å². The second-order valence-corrected chi connectivity index (χ2v) is 5.57. The second kappa shape index (κ2) is 6.04. The van der Waals surface area contributed by atoms with Crippen LogP contribution in [0.25, 0.3) is 0 Å². The number of carbonyl (C=O) groups excluding carboxylic acids is 2. The lowest BCUT2D eigenvalue weighted by Gasteiger charge is -2.32. The van der Waals surface area contributed by atoms with Gasteiger partial charge in [-0.2, -0.15) is 11.8 Å². The molecule has 1 aliphatic rings. The van der Waals surface area contributed by atoms with Crippen LogP contribution in [0.5, 0.6) is 0 Å². The summed E-state index contributed by atoms with van der Waals surface area (Å²) in [5, 5.41) is 0. The number of aliphatic imine (C=N–C) groups is 2. The molecule has 0 spiro atoms. The van der Waals surface area contributed by atoms with Gasteiger partial charge in [-0.15, -0.1) is 11.8 Å². The SMILES string of the molecule is O=C=NCC1(CN=C=O)CSCCS1. The van der Waals surface area contributed by atoms with E-state index in [1.165, 1.54) is 12.2 Å². The van der Waals surface area contributed by atoms with Gasteiger partial charge in [0.25, 0.3) is 0 Å². The minimum Gasteiger partial charge on any atom is -0.211 e. The van der Waals surface area contributed by atoms with Crippen molar-refractivity contribution in [3.63, 3.8) is 0 Å². The molecule has 0 aromatic rings. The lowest BCUT2D eigenvalue weighted by atomic mass is 10.1. The molecular weight excluding hydrogens is 220 g/mol. The van der Waals surface area contributed by atoms with Gasteiger partial charge in [0.05, 0.1) is 17.8 Å². The van der Waals surface area contributed by atoms with E-state index in [1.807, 2.05) is 0 Å². The summed E-state index contributed by atoms with van der Waals surface area (Å²) in [4.78, 5) is 27.3. The molecule has 0 unspecified atom stereocenters. The summed E-state index contributed by atoms with van der Waals surface area (Å²) in [7, 11) is 0. The first kappa shape index (κ1) is 11.5. The van der Waals surface area contributed by atoms with Gasteiger partial charge in [-0.3, -0.25) is 0 Å². The highest BCUT2D eigenvalue weighted by molar-refractivity contribution is 8.07. The van der Waals surface area contributed by atoms with Gasteiger partial charge in [0.2, 0.25) is 12.2 Å². The number of hydrogen-bond donors (Lipinski definition) is 0. The van der Waals surface area contributed by atoms with Gasteiger partial charge in [-0.05, 0) is 0 Å². The first-order chi connectivity index (χ1) is 6.83. The second-order valence-electron chi connectivity index (χ2n) is 2.90. The van der Waals surface area contributed by atoms with Crippen molar-refractivity contribution in [3.8, 4) is 0 Å². The van der Waals surface area contributed by atoms with E-state index in [4.69, 9.17) is 0 Å². The molecule has 4 nitrogen and oxygen atoms in total. The Balaban J connectivity index is 2.65. The van der Waals surface area contributed by atoms with Crippen molar-refractivity contribution in [3.05, 3.63) is 0 Å². The molecule has 1 aliphatic heterocycles. The van der Waals surface area contributed by atoms with Crippen LogP contribution in [0.4, 0.5) is 0 Å². The van der Waals surface area contributed by atoms with Crippen molar-refractivity contribution < 1.29 is 9.59 Å². The average Bonchev–Trinajstić information content (AvgIpc) is 2.25. The lowest BCUT2D eigenvalue weighted by molar-refractivity contribution is 0.555. The van der Waals surface area contributed by atoms with Crippen molar-refractivity contribution in [2.45, 2.75) is 4.75 Å². The van der Waals surface area contributed by atoms with Crippen LogP contribution < -0.4 is 0 Å². The Labute approximate surface area is 90.6 Å². The van der Waals surface area contributed by atoms with Crippen LogP contribution >= 0.6 is 23.5 Å². The van der Waals surface area contributed by atoms with Crippen LogP contribution in [-0.2, 0) is 9.59 Å². The van der Waals surface area contributed by atoms with Crippen molar-refractivity contribution in [2.75, 3.05) is 30.3 Å². The Kier molecular flexibility index (Phi) is 4.98. The van der Waals surface area contributed by atoms with Crippen LogP contribution in [-0.4, -0.2) is 47.3 Å². The largest absolute Gasteiger partial charge is 0.234 e. The zero-order chi connectivity index (χ0) is 10.3. The molecule has 1 saturated heterocycles. The third kappa shape index (κ3) is 3.31. The predicted octanol–water partition coefficient (Wildman–Crippen LogP) is 0.877. The van der Waals surface area contributed by atoms with Gasteiger partial charge in [0, 0.05) is 17.3 Å². The third-order valence-electron chi connectivity index (χ3n) is 1.86. The first-order valence-corrected chi connectivity index (χ1v) is 6.26. The van der Waals surface area contributed by atoms with E-state index in [9.17, 15) is 9.59 Å². The molecular formula is C8H10N2O2S2. The smallest absolute Gasteiger partial charge is 0.211 e. The van der Waals surface area contributed by atoms with Crippen molar-refractivity contribution in [2.24, 2.45) is 9.98 Å². The summed E-state index contributed by atoms with van der Waals surface area (Å²) >= 11 is 3.53. The maximum absolute atomic E-state index is 10.0. The van der Waals surface area contributed by atoms with Gasteiger partial charge < -0.3 is 0 Å². The molecule has 0 N–H and O–H groups in total. The van der Waals surface area contributed by atoms with E-state index in [2.05, 4.69) is 9.98 Å². The number of isocyanates is 2. The van der Waals surface area contributed by atoms with E-state index >= 15 is 0 Å². The molecule has 1 rings (SSSR count). The maximum Gasteiger partial charge on any atom is 0.234 e. The highest BCUT2D eigenvalue weighted by atomic mass is 32.2. The molecule has 0 aromatic carbocycles. The van der Waals surface area contributed by atoms with E-state index in [-0.39, 0.29) is 4.75 Å². The third-order valence-corrected chi connectivity index (χ3v) is 4.98. The normalized spacial score (nSPS) is 26.0. The zero-order valence-electron chi connectivity index (χ0n) is 7.56. The minimum absolute atomic E-state index is 0.197. The van der Waals surface area contributed by atoms with E-state index in [0.717, 1.165) is 17.3 Å². The van der Waals surface area contributed by atoms with Crippen molar-refractivity contribution >= 4 is 35.7 Å². The fraction of sp³-hybridized carbons (Fsp3) is 0.750. The maximum atomic E-state index is 10.0. The van der Waals surface area contributed by atoms with Crippen LogP contribution in [0.15, 0.2) is 9.98 Å². The predicted molar refractivity (Wildman–Crippen MR) is 58.5 cm³/mol. The molecule has 76 valence electrons. The van der Waals surface area contributed by atoms with E-state index in [0.29, 0.717) is 13.1 Å². The van der Waals surface area contributed by atoms with Crippen LogP contribution in [0, 0.1) is 0 Å². The Morgan fingerprint density at radius 2 is 1.79 bits per heavy atom. The summed E-state index contributed by atoms with van der Waals surface area (Å²) in [6.07, 6.45) is 3.06. The standard InChI is InChI=1S/C8H10N2O2S2/c11-6-9-3-8(4-10-7-12)5-13-1-2-14-8/h1-5H2. The Bertz CT molecular complexity index is 255. The highest BCUT2D eigenvalue weighted by Crippen LogP contribution is 2.35. The Hall–Kier alpha value is -0.540. The molecule has 1 fully saturated rings. The number of nitrogens with zero attached hydrogens (tertiary/aromatic N) is 2. The van der Waals surface area contributed by atoms with E-state index in [1.54, 1.807) is 23.5 Å². The lowest BCUT2D eigenvalue weighted by Crippen LogP contribution is -2.38. The molecule has 1 heterocycles. The Morgan fingerprint density at radius 1 is 1.14 bits per heavy atom. The van der Waals surface area contributed by atoms with Crippen molar-refractivity contribution in [1.82, 2.24) is 0 Å². The minimum atomic E-state index is -0.197. The molecule has 0 amide bonds.